The number of hydrogen-bond donors (Lipinski definition) is 5. The second-order valence-corrected chi connectivity index (χ2v) is 10.9. The van der Waals surface area contributed by atoms with E-state index in [2.05, 4.69) is 20.9 Å². The van der Waals surface area contributed by atoms with Crippen LogP contribution in [0.3, 0.4) is 0 Å². The molecule has 0 saturated carbocycles. The number of urea groups is 1. The Hall–Kier alpha value is -4.56. The molecule has 1 aliphatic heterocycles. The summed E-state index contributed by atoms with van der Waals surface area (Å²) in [5.41, 5.74) is 2.65. The van der Waals surface area contributed by atoms with Crippen molar-refractivity contribution in [3.8, 4) is 5.69 Å². The maximum absolute atomic E-state index is 12.8. The van der Waals surface area contributed by atoms with Gasteiger partial charge in [-0.25, -0.2) is 19.1 Å². The van der Waals surface area contributed by atoms with Gasteiger partial charge in [-0.15, -0.1) is 5.10 Å². The number of halogens is 1. The summed E-state index contributed by atoms with van der Waals surface area (Å²) in [5.74, 6) is -3.95. The number of benzene rings is 1. The van der Waals surface area contributed by atoms with Crippen molar-refractivity contribution >= 4 is 29.8 Å². The van der Waals surface area contributed by atoms with E-state index in [9.17, 15) is 38.6 Å². The Morgan fingerprint density at radius 2 is 1.57 bits per heavy atom. The highest BCUT2D eigenvalue weighted by molar-refractivity contribution is 5.86. The first-order chi connectivity index (χ1) is 21.0. The monoisotopic (exact) mass is 618 g/mol. The maximum Gasteiger partial charge on any atom is 0.326 e. The van der Waals surface area contributed by atoms with E-state index in [-0.39, 0.29) is 24.7 Å². The Morgan fingerprint density at radius 3 is 2.18 bits per heavy atom. The van der Waals surface area contributed by atoms with Crippen LogP contribution in [0.1, 0.15) is 62.6 Å². The summed E-state index contributed by atoms with van der Waals surface area (Å²) in [6.45, 7) is 0.547. The lowest BCUT2D eigenvalue weighted by Crippen LogP contribution is -2.52. The Kier molecular flexibility index (Phi) is 13.0. The van der Waals surface area contributed by atoms with Gasteiger partial charge in [-0.3, -0.25) is 14.0 Å². The van der Waals surface area contributed by atoms with Crippen LogP contribution in [0, 0.1) is 5.92 Å². The lowest BCUT2D eigenvalue weighted by molar-refractivity contribution is -0.141. The highest BCUT2D eigenvalue weighted by Crippen LogP contribution is 2.23. The number of aliphatic carboxylic acids is 3. The normalized spacial score (nSPS) is 14.9. The van der Waals surface area contributed by atoms with Crippen LogP contribution in [0.5, 0.6) is 0 Å². The number of alkyl halides is 1. The number of nitrogens with one attached hydrogen (secondary N) is 2. The van der Waals surface area contributed by atoms with Gasteiger partial charge in [0.2, 0.25) is 5.91 Å². The number of carboxylic acids is 3. The molecule has 5 N–H and O–H groups in total. The van der Waals surface area contributed by atoms with Gasteiger partial charge in [0, 0.05) is 25.9 Å². The molecule has 3 rings (SSSR count). The van der Waals surface area contributed by atoms with E-state index in [1.54, 1.807) is 15.8 Å². The average Bonchev–Trinajstić information content (AvgIpc) is 3.47. The number of aromatic nitrogens is 3. The van der Waals surface area contributed by atoms with Crippen LogP contribution in [0.4, 0.5) is 9.18 Å². The Morgan fingerprint density at radius 1 is 0.909 bits per heavy atom. The molecule has 1 fully saturated rings. The summed E-state index contributed by atoms with van der Waals surface area (Å²) in [5, 5.41) is 40.1. The van der Waals surface area contributed by atoms with Gasteiger partial charge in [0.15, 0.2) is 0 Å². The molecule has 0 aliphatic carbocycles. The molecular formula is C29H39FN6O8. The second-order valence-electron chi connectivity index (χ2n) is 10.9. The number of carbonyl (C=O) groups excluding carboxylic acids is 2. The van der Waals surface area contributed by atoms with Crippen LogP contribution < -0.4 is 10.6 Å². The highest BCUT2D eigenvalue weighted by atomic mass is 19.1. The predicted molar refractivity (Wildman–Crippen MR) is 154 cm³/mol. The molecule has 2 aromatic rings. The van der Waals surface area contributed by atoms with E-state index in [4.69, 9.17) is 5.11 Å². The first-order valence-corrected chi connectivity index (χ1v) is 14.6. The van der Waals surface area contributed by atoms with Crippen LogP contribution in [0.25, 0.3) is 5.69 Å². The molecule has 3 amide bonds. The SMILES string of the molecule is O=C(O)CC[C@H](NC(=O)NC(CC1CCN(C(=O)CCCc2ccc(-n3cc(CCCF)nn3)cc2)CC1)C(=O)O)C(=O)O. The number of nitrogens with zero attached hydrogens (tertiary/aromatic N) is 4. The summed E-state index contributed by atoms with van der Waals surface area (Å²) >= 11 is 0. The molecule has 1 unspecified atom stereocenters. The van der Waals surface area contributed by atoms with Gasteiger partial charge < -0.3 is 30.9 Å². The molecule has 44 heavy (non-hydrogen) atoms. The Bertz CT molecular complexity index is 1280. The molecule has 1 aromatic carbocycles. The minimum atomic E-state index is -1.47. The quantitative estimate of drug-likeness (QED) is 0.175. The smallest absolute Gasteiger partial charge is 0.326 e. The number of rotatable bonds is 17. The van der Waals surface area contributed by atoms with Gasteiger partial charge in [-0.1, -0.05) is 17.3 Å². The standard InChI is InChI=1S/C29H39FN6O8/c30-14-2-4-21-18-36(34-33-21)22-8-6-19(7-9-22)3-1-5-25(37)35-15-12-20(13-16-35)17-24(28(42)43)32-29(44)31-23(27(40)41)10-11-26(38)39/h6-9,18,20,23-24H,1-5,10-17H2,(H,38,39)(H,40,41)(H,42,43)(H2,31,32,44)/t23-,24?/m0/s1. The maximum atomic E-state index is 12.8. The molecule has 2 atom stereocenters. The predicted octanol–water partition coefficient (Wildman–Crippen LogP) is 2.19. The molecule has 0 spiro atoms. The van der Waals surface area contributed by atoms with E-state index in [0.29, 0.717) is 58.0 Å². The van der Waals surface area contributed by atoms with Gasteiger partial charge in [0.1, 0.15) is 12.1 Å². The molecule has 240 valence electrons. The van der Waals surface area contributed by atoms with E-state index >= 15 is 0 Å². The first-order valence-electron chi connectivity index (χ1n) is 14.6. The number of carboxylic acid groups (broad SMARTS) is 3. The molecule has 15 heteroatoms. The third kappa shape index (κ3) is 10.9. The van der Waals surface area contributed by atoms with Gasteiger partial charge >= 0.3 is 23.9 Å². The largest absolute Gasteiger partial charge is 0.481 e. The molecular weight excluding hydrogens is 579 g/mol. The zero-order valence-electron chi connectivity index (χ0n) is 24.4. The topological polar surface area (TPSA) is 204 Å². The van der Waals surface area contributed by atoms with Crippen molar-refractivity contribution in [3.63, 3.8) is 0 Å². The van der Waals surface area contributed by atoms with Crippen LogP contribution in [0.15, 0.2) is 30.5 Å². The van der Waals surface area contributed by atoms with Crippen LogP contribution in [-0.2, 0) is 32.0 Å². The lowest BCUT2D eigenvalue weighted by Gasteiger charge is -2.33. The minimum absolute atomic E-state index is 0.0249. The number of hydrogen-bond acceptors (Lipinski definition) is 7. The first kappa shape index (κ1) is 33.9. The zero-order valence-corrected chi connectivity index (χ0v) is 24.4. The molecule has 0 radical (unpaired) electrons. The Labute approximate surface area is 253 Å². The third-order valence-corrected chi connectivity index (χ3v) is 7.55. The lowest BCUT2D eigenvalue weighted by atomic mass is 9.90. The number of amides is 3. The van der Waals surface area contributed by atoms with Crippen molar-refractivity contribution in [2.75, 3.05) is 19.8 Å². The molecule has 14 nitrogen and oxygen atoms in total. The van der Waals surface area contributed by atoms with E-state index in [1.165, 1.54) is 0 Å². The van der Waals surface area contributed by atoms with E-state index in [1.807, 2.05) is 24.3 Å². The second kappa shape index (κ2) is 16.9. The molecule has 0 bridgehead atoms. The van der Waals surface area contributed by atoms with Gasteiger partial charge in [0.25, 0.3) is 0 Å². The fourth-order valence-electron chi connectivity index (χ4n) is 5.06. The van der Waals surface area contributed by atoms with Crippen molar-refractivity contribution in [2.45, 2.75) is 76.3 Å². The van der Waals surface area contributed by atoms with E-state index < -0.39 is 49.1 Å². The van der Waals surface area contributed by atoms with Crippen LogP contribution >= 0.6 is 0 Å². The summed E-state index contributed by atoms with van der Waals surface area (Å²) < 4.78 is 14.0. The average molecular weight is 619 g/mol. The number of carbonyl (C=O) groups is 5. The fourth-order valence-corrected chi connectivity index (χ4v) is 5.06. The van der Waals surface area contributed by atoms with Crippen molar-refractivity contribution < 1.29 is 43.7 Å². The highest BCUT2D eigenvalue weighted by Gasteiger charge is 2.30. The third-order valence-electron chi connectivity index (χ3n) is 7.55. The molecule has 1 aliphatic rings. The van der Waals surface area contributed by atoms with Gasteiger partial charge in [0.05, 0.1) is 24.3 Å². The number of piperidine rings is 1. The van der Waals surface area contributed by atoms with Crippen molar-refractivity contribution in [3.05, 3.63) is 41.7 Å². The zero-order chi connectivity index (χ0) is 32.1. The van der Waals surface area contributed by atoms with Crippen LogP contribution in [-0.4, -0.2) is 96.9 Å². The van der Waals surface area contributed by atoms with Crippen molar-refractivity contribution in [1.82, 2.24) is 30.5 Å². The van der Waals surface area contributed by atoms with Crippen molar-refractivity contribution in [2.24, 2.45) is 5.92 Å². The van der Waals surface area contributed by atoms with Gasteiger partial charge in [-0.05, 0) is 75.0 Å². The summed E-state index contributed by atoms with van der Waals surface area (Å²) in [6.07, 6.45) is 4.91. The minimum Gasteiger partial charge on any atom is -0.481 e. The Balaban J connectivity index is 1.38. The summed E-state index contributed by atoms with van der Waals surface area (Å²) in [6, 6.07) is 4.04. The van der Waals surface area contributed by atoms with E-state index in [0.717, 1.165) is 16.9 Å². The molecule has 1 aromatic heterocycles. The molecule has 1 saturated heterocycles. The number of aryl methyl sites for hydroxylation is 2. The molecule has 2 heterocycles. The van der Waals surface area contributed by atoms with Crippen molar-refractivity contribution in [1.29, 1.82) is 0 Å². The number of likely N-dealkylation sites (tertiary alicyclic amines) is 1. The summed E-state index contributed by atoms with van der Waals surface area (Å²) in [7, 11) is 0. The summed E-state index contributed by atoms with van der Waals surface area (Å²) in [4.78, 5) is 60.6. The van der Waals surface area contributed by atoms with Gasteiger partial charge in [-0.2, -0.15) is 0 Å². The fraction of sp³-hybridized carbons (Fsp3) is 0.552. The van der Waals surface area contributed by atoms with Crippen LogP contribution in [0.2, 0.25) is 0 Å².